The zero-order valence-electron chi connectivity index (χ0n) is 13.0. The number of phenols is 2. The van der Waals surface area contributed by atoms with Crippen molar-refractivity contribution in [3.63, 3.8) is 0 Å². The van der Waals surface area contributed by atoms with Gasteiger partial charge in [-0.15, -0.1) is 0 Å². The number of benzene rings is 2. The highest BCUT2D eigenvalue weighted by Crippen LogP contribution is 2.35. The van der Waals surface area contributed by atoms with Gasteiger partial charge in [0.15, 0.2) is 9.84 Å². The molecule has 0 saturated heterocycles. The molecule has 0 amide bonds. The molecule has 0 aliphatic rings. The van der Waals surface area contributed by atoms with Crippen molar-refractivity contribution in [2.24, 2.45) is 0 Å². The predicted octanol–water partition coefficient (Wildman–Crippen LogP) is 3.64. The van der Waals surface area contributed by atoms with Crippen molar-refractivity contribution in [2.75, 3.05) is 0 Å². The van der Waals surface area contributed by atoms with Crippen molar-refractivity contribution in [2.45, 2.75) is 24.0 Å². The van der Waals surface area contributed by atoms with Crippen LogP contribution in [0.4, 0.5) is 0 Å². The topological polar surface area (TPSA) is 112 Å². The number of aryl methyl sites for hydroxylation is 1. The number of carboxylic acids is 1. The van der Waals surface area contributed by atoms with Gasteiger partial charge in [-0.1, -0.05) is 30.1 Å². The molecule has 2 rings (SSSR count). The lowest BCUT2D eigenvalue weighted by Gasteiger charge is -2.12. The van der Waals surface area contributed by atoms with Crippen molar-refractivity contribution in [3.05, 3.63) is 51.0 Å². The van der Waals surface area contributed by atoms with Gasteiger partial charge in [0.25, 0.3) is 0 Å². The van der Waals surface area contributed by atoms with E-state index in [1.807, 2.05) is 0 Å². The summed E-state index contributed by atoms with van der Waals surface area (Å²) in [5.41, 5.74) is -0.127. The average Bonchev–Trinajstić information content (AvgIpc) is 2.51. The number of hydrogen-bond acceptors (Lipinski definition) is 5. The fourth-order valence-corrected chi connectivity index (χ4v) is 4.38. The van der Waals surface area contributed by atoms with E-state index in [2.05, 4.69) is 0 Å². The van der Waals surface area contributed by atoms with Crippen LogP contribution in [0.15, 0.2) is 29.2 Å². The van der Waals surface area contributed by atoms with Gasteiger partial charge in [-0.05, 0) is 36.2 Å². The Hall–Kier alpha value is -1.96. The zero-order valence-corrected chi connectivity index (χ0v) is 15.3. The molecule has 9 heteroatoms. The molecule has 0 bridgehead atoms. The number of aromatic hydroxyl groups is 2. The summed E-state index contributed by atoms with van der Waals surface area (Å²) in [4.78, 5) is 10.7. The van der Waals surface area contributed by atoms with Crippen molar-refractivity contribution >= 4 is 39.0 Å². The van der Waals surface area contributed by atoms with Gasteiger partial charge in [-0.3, -0.25) is 0 Å². The van der Waals surface area contributed by atoms with E-state index in [0.717, 1.165) is 18.2 Å². The second-order valence-electron chi connectivity index (χ2n) is 5.29. The van der Waals surface area contributed by atoms with Gasteiger partial charge in [-0.2, -0.15) is 0 Å². The van der Waals surface area contributed by atoms with Gasteiger partial charge >= 0.3 is 5.97 Å². The minimum atomic E-state index is -4.12. The zero-order chi connectivity index (χ0) is 18.9. The van der Waals surface area contributed by atoms with Crippen LogP contribution in [0.2, 0.25) is 10.0 Å². The van der Waals surface area contributed by atoms with E-state index in [-0.39, 0.29) is 15.6 Å². The molecule has 2 aromatic carbocycles. The molecule has 25 heavy (non-hydrogen) atoms. The molecular formula is C16H14Cl2O6S. The number of carbonyl (C=O) groups is 1. The summed E-state index contributed by atoms with van der Waals surface area (Å²) in [6.07, 6.45) is 0.504. The average molecular weight is 405 g/mol. The molecule has 0 aliphatic carbocycles. The van der Waals surface area contributed by atoms with E-state index < -0.39 is 43.5 Å². The molecule has 3 N–H and O–H groups in total. The monoisotopic (exact) mass is 404 g/mol. The van der Waals surface area contributed by atoms with Crippen molar-refractivity contribution in [3.8, 4) is 11.5 Å². The highest BCUT2D eigenvalue weighted by molar-refractivity contribution is 7.90. The van der Waals surface area contributed by atoms with Crippen LogP contribution in [0.5, 0.6) is 11.5 Å². The Morgan fingerprint density at radius 3 is 2.28 bits per heavy atom. The fourth-order valence-electron chi connectivity index (χ4n) is 2.32. The van der Waals surface area contributed by atoms with Crippen LogP contribution in [0.25, 0.3) is 0 Å². The molecule has 0 fully saturated rings. The van der Waals surface area contributed by atoms with Crippen LogP contribution in [0.3, 0.4) is 0 Å². The standard InChI is InChI=1S/C16H14Cl2O6S/c1-2-8-4-13(19)14(6-12(8)18)25(23,24)7-9-3-10(17)5-11(15(9)20)16(21)22/h3-6,19-20H,2,7H2,1H3,(H,21,22). The lowest BCUT2D eigenvalue weighted by atomic mass is 10.1. The second-order valence-corrected chi connectivity index (χ2v) is 8.09. The number of aromatic carboxylic acids is 1. The summed E-state index contributed by atoms with van der Waals surface area (Å²) in [5.74, 6) is -3.37. The second kappa shape index (κ2) is 7.11. The summed E-state index contributed by atoms with van der Waals surface area (Å²) in [7, 11) is -4.12. The molecule has 0 heterocycles. The molecule has 6 nitrogen and oxygen atoms in total. The maximum absolute atomic E-state index is 12.6. The van der Waals surface area contributed by atoms with E-state index >= 15 is 0 Å². The van der Waals surface area contributed by atoms with E-state index in [9.17, 15) is 23.4 Å². The molecule has 0 saturated carbocycles. The number of phenolic OH excluding ortho intramolecular Hbond substituents is 1. The summed E-state index contributed by atoms with van der Waals surface area (Å²) in [6, 6.07) is 4.56. The van der Waals surface area contributed by atoms with Crippen LogP contribution in [-0.4, -0.2) is 29.7 Å². The normalized spacial score (nSPS) is 11.5. The highest BCUT2D eigenvalue weighted by atomic mass is 35.5. The fraction of sp³-hybridized carbons (Fsp3) is 0.188. The number of sulfone groups is 1. The van der Waals surface area contributed by atoms with Crippen LogP contribution >= 0.6 is 23.2 Å². The van der Waals surface area contributed by atoms with Crippen molar-refractivity contribution in [1.82, 2.24) is 0 Å². The van der Waals surface area contributed by atoms with E-state index in [0.29, 0.717) is 12.0 Å². The summed E-state index contributed by atoms with van der Waals surface area (Å²) >= 11 is 11.8. The SMILES string of the molecule is CCc1cc(O)c(S(=O)(=O)Cc2cc(Cl)cc(C(=O)O)c2O)cc1Cl. The van der Waals surface area contributed by atoms with Gasteiger partial charge < -0.3 is 15.3 Å². The molecule has 0 spiro atoms. The first-order valence-electron chi connectivity index (χ1n) is 7.05. The maximum Gasteiger partial charge on any atom is 0.339 e. The minimum absolute atomic E-state index is 0.0380. The lowest BCUT2D eigenvalue weighted by Crippen LogP contribution is -2.08. The molecule has 0 atom stereocenters. The van der Waals surface area contributed by atoms with Gasteiger partial charge in [0, 0.05) is 15.6 Å². The van der Waals surface area contributed by atoms with Crippen LogP contribution in [-0.2, 0) is 22.0 Å². The first-order chi connectivity index (χ1) is 11.6. The minimum Gasteiger partial charge on any atom is -0.507 e. The number of rotatable bonds is 5. The van der Waals surface area contributed by atoms with E-state index in [1.54, 1.807) is 6.92 Å². The summed E-state index contributed by atoms with van der Waals surface area (Å²) in [5, 5.41) is 29.2. The van der Waals surface area contributed by atoms with Crippen LogP contribution in [0.1, 0.15) is 28.4 Å². The van der Waals surface area contributed by atoms with Crippen LogP contribution in [0, 0.1) is 0 Å². The predicted molar refractivity (Wildman–Crippen MR) is 93.5 cm³/mol. The maximum atomic E-state index is 12.6. The van der Waals surface area contributed by atoms with Crippen molar-refractivity contribution in [1.29, 1.82) is 0 Å². The molecular weight excluding hydrogens is 391 g/mol. The molecule has 0 aromatic heterocycles. The van der Waals surface area contributed by atoms with Crippen LogP contribution < -0.4 is 0 Å². The molecule has 2 aromatic rings. The Morgan fingerprint density at radius 1 is 1.08 bits per heavy atom. The molecule has 0 aliphatic heterocycles. The molecule has 0 unspecified atom stereocenters. The van der Waals surface area contributed by atoms with Gasteiger partial charge in [0.1, 0.15) is 22.0 Å². The molecule has 134 valence electrons. The van der Waals surface area contributed by atoms with E-state index in [4.69, 9.17) is 28.3 Å². The van der Waals surface area contributed by atoms with E-state index in [1.165, 1.54) is 6.07 Å². The van der Waals surface area contributed by atoms with Gasteiger partial charge in [0.2, 0.25) is 0 Å². The number of halogens is 2. The smallest absolute Gasteiger partial charge is 0.339 e. The Kier molecular flexibility index (Phi) is 5.51. The lowest BCUT2D eigenvalue weighted by molar-refractivity contribution is 0.0693. The largest absolute Gasteiger partial charge is 0.507 e. The Bertz CT molecular complexity index is 954. The molecule has 0 radical (unpaired) electrons. The Morgan fingerprint density at radius 2 is 1.72 bits per heavy atom. The third-order valence-electron chi connectivity index (χ3n) is 3.57. The first-order valence-corrected chi connectivity index (χ1v) is 9.46. The third-order valence-corrected chi connectivity index (χ3v) is 5.83. The van der Waals surface area contributed by atoms with Gasteiger partial charge in [-0.25, -0.2) is 13.2 Å². The number of hydrogen-bond donors (Lipinski definition) is 3. The number of carboxylic acid groups (broad SMARTS) is 1. The first kappa shape index (κ1) is 19.4. The summed E-state index contributed by atoms with van der Waals surface area (Å²) in [6.45, 7) is 1.80. The van der Waals surface area contributed by atoms with Gasteiger partial charge in [0.05, 0.1) is 5.75 Å². The van der Waals surface area contributed by atoms with Crippen molar-refractivity contribution < 1.29 is 28.5 Å². The summed E-state index contributed by atoms with van der Waals surface area (Å²) < 4.78 is 25.2. The quantitative estimate of drug-likeness (QED) is 0.700. The third kappa shape index (κ3) is 4.00. The Labute approximate surface area is 154 Å². The highest BCUT2D eigenvalue weighted by Gasteiger charge is 2.25. The Balaban J connectivity index is 2.54.